The van der Waals surface area contributed by atoms with E-state index in [-0.39, 0.29) is 18.4 Å². The minimum atomic E-state index is -0.0787. The Morgan fingerprint density at radius 3 is 2.14 bits per heavy atom. The smallest absolute Gasteiger partial charge is 0.136 e. The van der Waals surface area contributed by atoms with E-state index in [1.54, 1.807) is 0 Å². The van der Waals surface area contributed by atoms with Crippen molar-refractivity contribution in [3.05, 3.63) is 0 Å². The van der Waals surface area contributed by atoms with Gasteiger partial charge in [0.05, 0.1) is 6.42 Å². The predicted molar refractivity (Wildman–Crippen MR) is 26.4 cm³/mol. The molecule has 7 heavy (non-hydrogen) atoms. The van der Waals surface area contributed by atoms with Crippen LogP contribution in [0.3, 0.4) is 0 Å². The second kappa shape index (κ2) is 5.30. The van der Waals surface area contributed by atoms with Crippen LogP contribution in [-0.4, -0.2) is 12.1 Å². The molecule has 0 rings (SSSR count). The number of carbonyl (C=O) groups is 2. The van der Waals surface area contributed by atoms with Crippen molar-refractivity contribution >= 4 is 12.1 Å². The summed E-state index contributed by atoms with van der Waals surface area (Å²) in [6.07, 6.45) is 0.655. The quantitative estimate of drug-likeness (QED) is 0.404. The summed E-state index contributed by atoms with van der Waals surface area (Å²) in [5.41, 5.74) is 0. The Bertz CT molecular complexity index is 70.1. The summed E-state index contributed by atoms with van der Waals surface area (Å²) in [7, 11) is 0. The van der Waals surface area contributed by atoms with Crippen LogP contribution in [0.1, 0.15) is 13.3 Å². The first-order chi connectivity index (χ1) is 2.77. The molecule has 0 saturated carbocycles. The van der Waals surface area contributed by atoms with Crippen LogP contribution in [0.2, 0.25) is 0 Å². The van der Waals surface area contributed by atoms with Crippen LogP contribution in [-0.2, 0) is 9.59 Å². The average Bonchev–Trinajstić information content (AvgIpc) is 1.35. The summed E-state index contributed by atoms with van der Waals surface area (Å²) in [5.74, 6) is -0.0787. The van der Waals surface area contributed by atoms with E-state index in [9.17, 15) is 9.59 Å². The van der Waals surface area contributed by atoms with Gasteiger partial charge in [-0.05, 0) is 6.92 Å². The van der Waals surface area contributed by atoms with Crippen molar-refractivity contribution in [2.24, 2.45) is 0 Å². The first-order valence-electron chi connectivity index (χ1n) is 1.70. The van der Waals surface area contributed by atoms with Crippen molar-refractivity contribution in [2.75, 3.05) is 0 Å². The summed E-state index contributed by atoms with van der Waals surface area (Å²) in [6, 6.07) is 0. The van der Waals surface area contributed by atoms with Crippen LogP contribution < -0.4 is 6.15 Å². The van der Waals surface area contributed by atoms with Gasteiger partial charge in [0.15, 0.2) is 0 Å². The van der Waals surface area contributed by atoms with E-state index in [1.807, 2.05) is 0 Å². The molecule has 3 N–H and O–H groups in total. The number of hydrogen-bond donors (Lipinski definition) is 1. The van der Waals surface area contributed by atoms with Gasteiger partial charge in [-0.25, -0.2) is 0 Å². The molecular formula is C4H9NO2. The van der Waals surface area contributed by atoms with E-state index in [1.165, 1.54) is 6.92 Å². The van der Waals surface area contributed by atoms with Gasteiger partial charge in [0.1, 0.15) is 12.1 Å². The average molecular weight is 103 g/mol. The largest absolute Gasteiger partial charge is 0.344 e. The van der Waals surface area contributed by atoms with Gasteiger partial charge in [0, 0.05) is 0 Å². The minimum Gasteiger partial charge on any atom is -0.344 e. The lowest BCUT2D eigenvalue weighted by Crippen LogP contribution is -1.87. The van der Waals surface area contributed by atoms with Crippen LogP contribution >= 0.6 is 0 Å². The summed E-state index contributed by atoms with van der Waals surface area (Å²) in [5, 5.41) is 0. The molecule has 0 bridgehead atoms. The molecule has 0 aliphatic heterocycles. The third-order valence-electron chi connectivity index (χ3n) is 0.371. The van der Waals surface area contributed by atoms with E-state index < -0.39 is 0 Å². The molecule has 0 heterocycles. The lowest BCUT2D eigenvalue weighted by atomic mass is 10.3. The van der Waals surface area contributed by atoms with Crippen LogP contribution in [0.5, 0.6) is 0 Å². The summed E-state index contributed by atoms with van der Waals surface area (Å²) in [4.78, 5) is 19.2. The van der Waals surface area contributed by atoms with Gasteiger partial charge in [-0.15, -0.1) is 0 Å². The zero-order valence-corrected chi connectivity index (χ0v) is 4.31. The maximum Gasteiger partial charge on any atom is 0.136 e. The van der Waals surface area contributed by atoms with Crippen LogP contribution in [0, 0.1) is 0 Å². The standard InChI is InChI=1S/C4H6O2.H3N/c1-4(6)2-3-5;/h3H,2H2,1H3;1H3. The first-order valence-corrected chi connectivity index (χ1v) is 1.70. The maximum absolute atomic E-state index is 9.81. The molecule has 3 nitrogen and oxygen atoms in total. The monoisotopic (exact) mass is 103 g/mol. The molecule has 0 unspecified atom stereocenters. The maximum atomic E-state index is 9.81. The summed E-state index contributed by atoms with van der Waals surface area (Å²) in [6.45, 7) is 1.38. The third kappa shape index (κ3) is 10.9. The first kappa shape index (κ1) is 9.57. The molecule has 42 valence electrons. The molecule has 0 amide bonds. The summed E-state index contributed by atoms with van der Waals surface area (Å²) < 4.78 is 0. The molecule has 0 aliphatic rings. The SMILES string of the molecule is CC(=O)CC=O.N. The van der Waals surface area contributed by atoms with E-state index in [2.05, 4.69) is 0 Å². The normalized spacial score (nSPS) is 6.43. The molecule has 0 aromatic rings. The molecule has 0 atom stereocenters. The minimum absolute atomic E-state index is 0. The highest BCUT2D eigenvalue weighted by atomic mass is 16.1. The van der Waals surface area contributed by atoms with Gasteiger partial charge in [0.25, 0.3) is 0 Å². The van der Waals surface area contributed by atoms with Crippen molar-refractivity contribution in [2.45, 2.75) is 13.3 Å². The Balaban J connectivity index is 0. The zero-order valence-electron chi connectivity index (χ0n) is 4.31. The van der Waals surface area contributed by atoms with Gasteiger partial charge in [0.2, 0.25) is 0 Å². The summed E-state index contributed by atoms with van der Waals surface area (Å²) >= 11 is 0. The van der Waals surface area contributed by atoms with Crippen molar-refractivity contribution < 1.29 is 9.59 Å². The Morgan fingerprint density at radius 1 is 1.71 bits per heavy atom. The van der Waals surface area contributed by atoms with Gasteiger partial charge in [-0.2, -0.15) is 0 Å². The van der Waals surface area contributed by atoms with E-state index in [4.69, 9.17) is 0 Å². The van der Waals surface area contributed by atoms with Crippen molar-refractivity contribution in [3.63, 3.8) is 0 Å². The fourth-order valence-corrected chi connectivity index (χ4v) is 0.117. The highest BCUT2D eigenvalue weighted by Gasteiger charge is 1.83. The molecule has 0 aromatic heterocycles. The predicted octanol–water partition coefficient (Wildman–Crippen LogP) is 0.326. The topological polar surface area (TPSA) is 69.1 Å². The van der Waals surface area contributed by atoms with Gasteiger partial charge in [-0.1, -0.05) is 0 Å². The Kier molecular flexibility index (Phi) is 7.25. The highest BCUT2D eigenvalue weighted by molar-refractivity contribution is 5.87. The Morgan fingerprint density at radius 2 is 2.14 bits per heavy atom. The second-order valence-electron chi connectivity index (χ2n) is 1.07. The number of aldehydes is 1. The molecule has 3 heteroatoms. The Labute approximate surface area is 42.3 Å². The van der Waals surface area contributed by atoms with Crippen LogP contribution in [0.25, 0.3) is 0 Å². The van der Waals surface area contributed by atoms with Gasteiger partial charge >= 0.3 is 0 Å². The molecule has 0 radical (unpaired) electrons. The third-order valence-corrected chi connectivity index (χ3v) is 0.371. The molecule has 0 fully saturated rings. The molecule has 0 saturated heterocycles. The van der Waals surface area contributed by atoms with Crippen molar-refractivity contribution in [1.82, 2.24) is 6.15 Å². The van der Waals surface area contributed by atoms with Gasteiger partial charge in [-0.3, -0.25) is 4.79 Å². The number of hydrogen-bond acceptors (Lipinski definition) is 3. The number of carbonyl (C=O) groups excluding carboxylic acids is 2. The number of Topliss-reactive ketones (excluding diaryl/α,β-unsaturated/α-hetero) is 1. The lowest BCUT2D eigenvalue weighted by molar-refractivity contribution is -0.120. The molecule has 0 aliphatic carbocycles. The number of ketones is 1. The molecular weight excluding hydrogens is 94.0 g/mol. The van der Waals surface area contributed by atoms with E-state index in [0.717, 1.165) is 0 Å². The van der Waals surface area contributed by atoms with Crippen molar-refractivity contribution in [1.29, 1.82) is 0 Å². The van der Waals surface area contributed by atoms with Crippen LogP contribution in [0.4, 0.5) is 0 Å². The Hall–Kier alpha value is -0.700. The van der Waals surface area contributed by atoms with Crippen molar-refractivity contribution in [3.8, 4) is 0 Å². The number of rotatable bonds is 2. The fourth-order valence-electron chi connectivity index (χ4n) is 0.117. The highest BCUT2D eigenvalue weighted by Crippen LogP contribution is 1.69. The zero-order chi connectivity index (χ0) is 4.99. The van der Waals surface area contributed by atoms with E-state index >= 15 is 0 Å². The second-order valence-corrected chi connectivity index (χ2v) is 1.07. The van der Waals surface area contributed by atoms with Crippen LogP contribution in [0.15, 0.2) is 0 Å². The molecule has 0 spiro atoms. The van der Waals surface area contributed by atoms with E-state index in [0.29, 0.717) is 6.29 Å². The molecule has 0 aromatic carbocycles. The van der Waals surface area contributed by atoms with Gasteiger partial charge < -0.3 is 10.9 Å². The fraction of sp³-hybridized carbons (Fsp3) is 0.500. The lowest BCUT2D eigenvalue weighted by Gasteiger charge is -1.71.